The first-order valence-corrected chi connectivity index (χ1v) is 5.83. The highest BCUT2D eigenvalue weighted by molar-refractivity contribution is 7.99. The molecular formula is C11H16N2OS. The average molecular weight is 224 g/mol. The van der Waals surface area contributed by atoms with Crippen molar-refractivity contribution in [3.8, 4) is 0 Å². The largest absolute Gasteiger partial charge is 0.409 e. The van der Waals surface area contributed by atoms with E-state index in [1.807, 2.05) is 19.1 Å². The smallest absolute Gasteiger partial charge is 0.152 e. The second-order valence-corrected chi connectivity index (χ2v) is 4.73. The molecule has 1 unspecified atom stereocenters. The zero-order chi connectivity index (χ0) is 11.3. The maximum Gasteiger partial charge on any atom is 0.152 e. The molecule has 0 aliphatic heterocycles. The summed E-state index contributed by atoms with van der Waals surface area (Å²) in [6, 6.07) is 8.24. The molecule has 0 fully saturated rings. The fraction of sp³-hybridized carbons (Fsp3) is 0.364. The Morgan fingerprint density at radius 3 is 2.80 bits per heavy atom. The first-order chi connectivity index (χ1) is 7.15. The molecule has 1 atom stereocenters. The third-order valence-electron chi connectivity index (χ3n) is 2.28. The molecule has 1 rings (SSSR count). The first kappa shape index (κ1) is 11.9. The Hall–Kier alpha value is -1.16. The lowest BCUT2D eigenvalue weighted by molar-refractivity contribution is 0.317. The van der Waals surface area contributed by atoms with Crippen molar-refractivity contribution < 1.29 is 5.21 Å². The van der Waals surface area contributed by atoms with Gasteiger partial charge in [-0.3, -0.25) is 0 Å². The highest BCUT2D eigenvalue weighted by Crippen LogP contribution is 2.19. The van der Waals surface area contributed by atoms with Crippen LogP contribution in [0.2, 0.25) is 0 Å². The number of hydrogen-bond acceptors (Lipinski definition) is 3. The number of nitrogens with two attached hydrogens (primary N) is 1. The van der Waals surface area contributed by atoms with Crippen LogP contribution in [0.3, 0.4) is 0 Å². The van der Waals surface area contributed by atoms with Crippen LogP contribution in [-0.2, 0) is 5.75 Å². The molecule has 0 saturated carbocycles. The molecule has 4 heteroatoms. The lowest BCUT2D eigenvalue weighted by atomic mass is 10.1. The van der Waals surface area contributed by atoms with Crippen LogP contribution in [0.25, 0.3) is 0 Å². The second kappa shape index (κ2) is 5.66. The van der Waals surface area contributed by atoms with Crippen LogP contribution in [0.5, 0.6) is 0 Å². The lowest BCUT2D eigenvalue weighted by Crippen LogP contribution is -2.23. The molecule has 1 aromatic rings. The molecule has 0 radical (unpaired) electrons. The van der Waals surface area contributed by atoms with Gasteiger partial charge in [-0.2, -0.15) is 0 Å². The van der Waals surface area contributed by atoms with Crippen LogP contribution in [0, 0.1) is 6.92 Å². The molecule has 0 aliphatic carbocycles. The van der Waals surface area contributed by atoms with Crippen molar-refractivity contribution in [3.63, 3.8) is 0 Å². The van der Waals surface area contributed by atoms with Crippen LogP contribution in [0.4, 0.5) is 0 Å². The fourth-order valence-corrected chi connectivity index (χ4v) is 2.12. The van der Waals surface area contributed by atoms with Crippen LogP contribution >= 0.6 is 11.8 Å². The van der Waals surface area contributed by atoms with Gasteiger partial charge in [0.1, 0.15) is 0 Å². The molecule has 0 amide bonds. The van der Waals surface area contributed by atoms with E-state index in [1.165, 1.54) is 11.1 Å². The molecular weight excluding hydrogens is 208 g/mol. The molecule has 3 N–H and O–H groups in total. The van der Waals surface area contributed by atoms with Gasteiger partial charge in [0.05, 0.1) is 5.25 Å². The number of thioether (sulfide) groups is 1. The van der Waals surface area contributed by atoms with Gasteiger partial charge in [0.15, 0.2) is 5.84 Å². The lowest BCUT2D eigenvalue weighted by Gasteiger charge is -2.10. The Labute approximate surface area is 94.4 Å². The predicted octanol–water partition coefficient (Wildman–Crippen LogP) is 2.36. The van der Waals surface area contributed by atoms with Crippen LogP contribution in [-0.4, -0.2) is 16.3 Å². The maximum absolute atomic E-state index is 8.51. The third-order valence-corrected chi connectivity index (χ3v) is 3.50. The molecule has 0 heterocycles. The van der Waals surface area contributed by atoms with Crippen LogP contribution < -0.4 is 5.73 Å². The predicted molar refractivity (Wildman–Crippen MR) is 65.3 cm³/mol. The Bertz CT molecular complexity index is 352. The number of benzene rings is 1. The van der Waals surface area contributed by atoms with E-state index >= 15 is 0 Å². The highest BCUT2D eigenvalue weighted by atomic mass is 32.2. The quantitative estimate of drug-likeness (QED) is 0.357. The summed E-state index contributed by atoms with van der Waals surface area (Å²) in [5, 5.41) is 11.5. The molecule has 0 spiro atoms. The minimum atomic E-state index is 0.0367. The van der Waals surface area contributed by atoms with Crippen LogP contribution in [0.15, 0.2) is 29.4 Å². The topological polar surface area (TPSA) is 58.6 Å². The van der Waals surface area contributed by atoms with Crippen molar-refractivity contribution in [2.45, 2.75) is 24.9 Å². The summed E-state index contributed by atoms with van der Waals surface area (Å²) in [6.07, 6.45) is 0. The van der Waals surface area contributed by atoms with Crippen molar-refractivity contribution in [3.05, 3.63) is 35.4 Å². The van der Waals surface area contributed by atoms with Gasteiger partial charge >= 0.3 is 0 Å². The van der Waals surface area contributed by atoms with E-state index in [0.717, 1.165) is 5.75 Å². The van der Waals surface area contributed by atoms with Gasteiger partial charge in [0.2, 0.25) is 0 Å². The SMILES string of the molecule is Cc1ccccc1CSC(C)C(N)=NO. The minimum absolute atomic E-state index is 0.0367. The van der Waals surface area contributed by atoms with E-state index in [4.69, 9.17) is 10.9 Å². The van der Waals surface area contributed by atoms with Gasteiger partial charge in [-0.25, -0.2) is 0 Å². The zero-order valence-electron chi connectivity index (χ0n) is 8.97. The second-order valence-electron chi connectivity index (χ2n) is 3.40. The van der Waals surface area contributed by atoms with E-state index in [0.29, 0.717) is 0 Å². The fourth-order valence-electron chi connectivity index (χ4n) is 1.15. The van der Waals surface area contributed by atoms with Gasteiger partial charge in [-0.1, -0.05) is 29.4 Å². The molecule has 3 nitrogen and oxygen atoms in total. The number of nitrogens with zero attached hydrogens (tertiary/aromatic N) is 1. The molecule has 0 aliphatic rings. The summed E-state index contributed by atoms with van der Waals surface area (Å²) in [7, 11) is 0. The Balaban J connectivity index is 2.54. The van der Waals surface area contributed by atoms with Gasteiger partial charge in [-0.15, -0.1) is 11.8 Å². The summed E-state index contributed by atoms with van der Waals surface area (Å²) in [5.41, 5.74) is 8.06. The molecule has 0 saturated heterocycles. The highest BCUT2D eigenvalue weighted by Gasteiger charge is 2.08. The van der Waals surface area contributed by atoms with Crippen molar-refractivity contribution in [1.82, 2.24) is 0 Å². The normalized spacial score (nSPS) is 13.9. The zero-order valence-corrected chi connectivity index (χ0v) is 9.79. The molecule has 0 aromatic heterocycles. The van der Waals surface area contributed by atoms with Crippen molar-refractivity contribution in [2.75, 3.05) is 0 Å². The monoisotopic (exact) mass is 224 g/mol. The maximum atomic E-state index is 8.51. The van der Waals surface area contributed by atoms with E-state index < -0.39 is 0 Å². The Morgan fingerprint density at radius 1 is 1.53 bits per heavy atom. The van der Waals surface area contributed by atoms with E-state index in [9.17, 15) is 0 Å². The molecule has 0 bridgehead atoms. The number of rotatable bonds is 4. The molecule has 82 valence electrons. The first-order valence-electron chi connectivity index (χ1n) is 4.78. The summed E-state index contributed by atoms with van der Waals surface area (Å²) < 4.78 is 0. The standard InChI is InChI=1S/C11H16N2OS/c1-8-5-3-4-6-10(8)7-15-9(2)11(12)13-14/h3-6,9,14H,7H2,1-2H3,(H2,12,13). The summed E-state index contributed by atoms with van der Waals surface area (Å²) in [4.78, 5) is 0. The number of aryl methyl sites for hydroxylation is 1. The Kier molecular flexibility index (Phi) is 4.49. The number of oxime groups is 1. The summed E-state index contributed by atoms with van der Waals surface area (Å²) in [5.74, 6) is 1.15. The van der Waals surface area contributed by atoms with Gasteiger partial charge in [0, 0.05) is 5.75 Å². The molecule has 1 aromatic carbocycles. The minimum Gasteiger partial charge on any atom is -0.409 e. The van der Waals surface area contributed by atoms with E-state index in [-0.39, 0.29) is 11.1 Å². The van der Waals surface area contributed by atoms with E-state index in [2.05, 4.69) is 24.2 Å². The number of amidine groups is 1. The third kappa shape index (κ3) is 3.47. The number of hydrogen-bond donors (Lipinski definition) is 2. The summed E-state index contributed by atoms with van der Waals surface area (Å²) >= 11 is 1.66. The van der Waals surface area contributed by atoms with Crippen molar-refractivity contribution in [2.24, 2.45) is 10.9 Å². The van der Waals surface area contributed by atoms with Gasteiger partial charge in [-0.05, 0) is 25.0 Å². The van der Waals surface area contributed by atoms with Crippen LogP contribution in [0.1, 0.15) is 18.1 Å². The summed E-state index contributed by atoms with van der Waals surface area (Å²) in [6.45, 7) is 4.02. The molecule has 15 heavy (non-hydrogen) atoms. The Morgan fingerprint density at radius 2 is 2.20 bits per heavy atom. The average Bonchev–Trinajstić information content (AvgIpc) is 2.26. The van der Waals surface area contributed by atoms with Gasteiger partial charge < -0.3 is 10.9 Å². The van der Waals surface area contributed by atoms with Crippen molar-refractivity contribution >= 4 is 17.6 Å². The van der Waals surface area contributed by atoms with Crippen molar-refractivity contribution in [1.29, 1.82) is 0 Å². The van der Waals surface area contributed by atoms with E-state index in [1.54, 1.807) is 11.8 Å². The van der Waals surface area contributed by atoms with Gasteiger partial charge in [0.25, 0.3) is 0 Å².